The Kier molecular flexibility index (Phi) is 3.46. The molecular formula is C18H13N3O2S. The van der Waals surface area contributed by atoms with Gasteiger partial charge in [0.25, 0.3) is 11.8 Å². The fraction of sp³-hybridized carbons (Fsp3) is 0.0556. The van der Waals surface area contributed by atoms with E-state index in [1.165, 1.54) is 0 Å². The minimum absolute atomic E-state index is 0.175. The molecule has 0 aliphatic carbocycles. The van der Waals surface area contributed by atoms with Gasteiger partial charge in [0.1, 0.15) is 0 Å². The standard InChI is InChI=1S/C18H13N3O2S/c19-18-20-16(22)15(24-18)14-12-8-4-5-9-13(12)21(17(14)23)10-11-6-2-1-3-7-11/h1-9H,10H2,(H2,19,20,22)/b15-14-. The van der Waals surface area contributed by atoms with Gasteiger partial charge in [0.2, 0.25) is 0 Å². The molecule has 2 aromatic rings. The summed E-state index contributed by atoms with van der Waals surface area (Å²) in [5.41, 5.74) is 8.60. The molecule has 118 valence electrons. The van der Waals surface area contributed by atoms with Crippen LogP contribution in [0, 0.1) is 0 Å². The number of para-hydroxylation sites is 1. The van der Waals surface area contributed by atoms with Crippen molar-refractivity contribution in [2.24, 2.45) is 10.7 Å². The smallest absolute Gasteiger partial charge is 0.287 e. The summed E-state index contributed by atoms with van der Waals surface area (Å²) in [5, 5.41) is 0.175. The van der Waals surface area contributed by atoms with Crippen molar-refractivity contribution < 1.29 is 9.59 Å². The lowest BCUT2D eigenvalue weighted by atomic mass is 10.1. The number of hydrogen-bond donors (Lipinski definition) is 1. The van der Waals surface area contributed by atoms with E-state index >= 15 is 0 Å². The Morgan fingerprint density at radius 2 is 1.71 bits per heavy atom. The summed E-state index contributed by atoms with van der Waals surface area (Å²) in [5.74, 6) is -0.641. The lowest BCUT2D eigenvalue weighted by Crippen LogP contribution is -2.26. The molecule has 0 atom stereocenters. The van der Waals surface area contributed by atoms with Crippen LogP contribution in [0.3, 0.4) is 0 Å². The van der Waals surface area contributed by atoms with Crippen molar-refractivity contribution in [3.05, 3.63) is 70.6 Å². The molecule has 0 saturated carbocycles. The zero-order valence-electron chi connectivity index (χ0n) is 12.6. The van der Waals surface area contributed by atoms with Crippen molar-refractivity contribution in [2.75, 3.05) is 4.90 Å². The van der Waals surface area contributed by atoms with E-state index in [9.17, 15) is 9.59 Å². The maximum Gasteiger partial charge on any atom is 0.287 e. The first-order valence-electron chi connectivity index (χ1n) is 7.41. The molecular weight excluding hydrogens is 322 g/mol. The van der Waals surface area contributed by atoms with E-state index in [1.807, 2.05) is 54.6 Å². The second-order valence-corrected chi connectivity index (χ2v) is 6.49. The quantitative estimate of drug-likeness (QED) is 0.856. The van der Waals surface area contributed by atoms with Crippen molar-refractivity contribution in [3.8, 4) is 0 Å². The van der Waals surface area contributed by atoms with Gasteiger partial charge in [0, 0.05) is 5.56 Å². The molecule has 2 N–H and O–H groups in total. The van der Waals surface area contributed by atoms with Crippen LogP contribution in [-0.4, -0.2) is 17.0 Å². The number of nitrogens with zero attached hydrogens (tertiary/aromatic N) is 2. The maximum atomic E-state index is 13.0. The number of hydrogen-bond acceptors (Lipinski definition) is 4. The number of amidine groups is 1. The topological polar surface area (TPSA) is 75.8 Å². The van der Waals surface area contributed by atoms with Crippen molar-refractivity contribution in [1.82, 2.24) is 0 Å². The average molecular weight is 335 g/mol. The Labute approximate surface area is 142 Å². The Balaban J connectivity index is 1.81. The molecule has 0 saturated heterocycles. The number of nitrogens with two attached hydrogens (primary N) is 1. The molecule has 24 heavy (non-hydrogen) atoms. The minimum atomic E-state index is -0.447. The molecule has 0 spiro atoms. The van der Waals surface area contributed by atoms with Crippen LogP contribution in [0.15, 0.2) is 64.5 Å². The summed E-state index contributed by atoms with van der Waals surface area (Å²) < 4.78 is 0. The highest BCUT2D eigenvalue weighted by Crippen LogP contribution is 2.43. The predicted octanol–water partition coefficient (Wildman–Crippen LogP) is 2.53. The van der Waals surface area contributed by atoms with E-state index in [4.69, 9.17) is 5.73 Å². The normalized spacial score (nSPS) is 19.7. The molecule has 6 heteroatoms. The van der Waals surface area contributed by atoms with Crippen molar-refractivity contribution >= 4 is 40.0 Å². The van der Waals surface area contributed by atoms with Gasteiger partial charge in [0.15, 0.2) is 5.17 Å². The first kappa shape index (κ1) is 14.7. The summed E-state index contributed by atoms with van der Waals surface area (Å²) in [6.45, 7) is 0.447. The van der Waals surface area contributed by atoms with E-state index in [2.05, 4.69) is 4.99 Å². The van der Waals surface area contributed by atoms with E-state index in [0.29, 0.717) is 17.0 Å². The van der Waals surface area contributed by atoms with Gasteiger partial charge in [-0.15, -0.1) is 0 Å². The zero-order valence-corrected chi connectivity index (χ0v) is 13.4. The van der Waals surface area contributed by atoms with Crippen LogP contribution in [-0.2, 0) is 16.1 Å². The number of rotatable bonds is 2. The van der Waals surface area contributed by atoms with Crippen molar-refractivity contribution in [2.45, 2.75) is 6.54 Å². The fourth-order valence-corrected chi connectivity index (χ4v) is 3.67. The second-order valence-electron chi connectivity index (χ2n) is 5.46. The molecule has 2 aliphatic rings. The third-order valence-corrected chi connectivity index (χ3v) is 4.83. The van der Waals surface area contributed by atoms with Gasteiger partial charge < -0.3 is 10.6 Å². The molecule has 0 radical (unpaired) electrons. The SMILES string of the molecule is NC1=NC(=O)/C(=C2/C(=O)N(Cc3ccccc3)c3ccccc32)S1. The Hall–Kier alpha value is -2.86. The van der Waals surface area contributed by atoms with E-state index in [-0.39, 0.29) is 11.1 Å². The lowest BCUT2D eigenvalue weighted by molar-refractivity contribution is -0.115. The molecule has 0 bridgehead atoms. The third-order valence-electron chi connectivity index (χ3n) is 3.95. The maximum absolute atomic E-state index is 13.0. The summed E-state index contributed by atoms with van der Waals surface area (Å²) in [7, 11) is 0. The van der Waals surface area contributed by atoms with Gasteiger partial charge in [-0.2, -0.15) is 4.99 Å². The molecule has 2 aromatic carbocycles. The second kappa shape index (κ2) is 5.65. The molecule has 2 aliphatic heterocycles. The van der Waals surface area contributed by atoms with E-state index in [1.54, 1.807) is 4.90 Å². The van der Waals surface area contributed by atoms with Crippen molar-refractivity contribution in [1.29, 1.82) is 0 Å². The number of thioether (sulfide) groups is 1. The molecule has 4 rings (SSSR count). The van der Waals surface area contributed by atoms with Crippen LogP contribution in [0.2, 0.25) is 0 Å². The van der Waals surface area contributed by atoms with Gasteiger partial charge >= 0.3 is 0 Å². The average Bonchev–Trinajstić information content (AvgIpc) is 3.05. The number of fused-ring (bicyclic) bond motifs is 1. The molecule has 2 amide bonds. The zero-order chi connectivity index (χ0) is 16.7. The fourth-order valence-electron chi connectivity index (χ4n) is 2.90. The van der Waals surface area contributed by atoms with Crippen LogP contribution in [0.1, 0.15) is 11.1 Å². The highest BCUT2D eigenvalue weighted by molar-refractivity contribution is 8.18. The van der Waals surface area contributed by atoms with Crippen molar-refractivity contribution in [3.63, 3.8) is 0 Å². The highest BCUT2D eigenvalue weighted by atomic mass is 32.2. The van der Waals surface area contributed by atoms with Gasteiger partial charge in [-0.1, -0.05) is 48.5 Å². The van der Waals surface area contributed by atoms with Crippen LogP contribution in [0.4, 0.5) is 5.69 Å². The van der Waals surface area contributed by atoms with Gasteiger partial charge in [-0.3, -0.25) is 9.59 Å². The van der Waals surface area contributed by atoms with Crippen LogP contribution < -0.4 is 10.6 Å². The highest BCUT2D eigenvalue weighted by Gasteiger charge is 2.38. The van der Waals surface area contributed by atoms with Gasteiger partial charge in [-0.05, 0) is 23.4 Å². The monoisotopic (exact) mass is 335 g/mol. The minimum Gasteiger partial charge on any atom is -0.378 e. The van der Waals surface area contributed by atoms with Crippen LogP contribution in [0.5, 0.6) is 0 Å². The number of carbonyl (C=O) groups excluding carboxylic acids is 2. The lowest BCUT2D eigenvalue weighted by Gasteiger charge is -2.17. The number of aliphatic imine (C=N–C) groups is 1. The molecule has 2 heterocycles. The Bertz CT molecular complexity index is 919. The number of amides is 2. The Morgan fingerprint density at radius 3 is 2.42 bits per heavy atom. The van der Waals surface area contributed by atoms with E-state index in [0.717, 1.165) is 28.6 Å². The van der Waals surface area contributed by atoms with Crippen LogP contribution >= 0.6 is 11.8 Å². The first-order chi connectivity index (χ1) is 11.6. The molecule has 0 unspecified atom stereocenters. The summed E-state index contributed by atoms with van der Waals surface area (Å²) in [4.78, 5) is 30.8. The van der Waals surface area contributed by atoms with Gasteiger partial charge in [-0.25, -0.2) is 0 Å². The molecule has 5 nitrogen and oxygen atoms in total. The van der Waals surface area contributed by atoms with Gasteiger partial charge in [0.05, 0.1) is 22.7 Å². The number of benzene rings is 2. The van der Waals surface area contributed by atoms with Crippen LogP contribution in [0.25, 0.3) is 5.57 Å². The van der Waals surface area contributed by atoms with E-state index < -0.39 is 5.91 Å². The Morgan fingerprint density at radius 1 is 1.00 bits per heavy atom. The summed E-state index contributed by atoms with van der Waals surface area (Å²) >= 11 is 1.06. The summed E-state index contributed by atoms with van der Waals surface area (Å²) in [6, 6.07) is 17.2. The summed E-state index contributed by atoms with van der Waals surface area (Å²) in [6.07, 6.45) is 0. The number of anilines is 1. The first-order valence-corrected chi connectivity index (χ1v) is 8.22. The third kappa shape index (κ3) is 2.32. The molecule has 0 aromatic heterocycles. The molecule has 0 fully saturated rings. The predicted molar refractivity (Wildman–Crippen MR) is 95.2 cm³/mol. The largest absolute Gasteiger partial charge is 0.378 e. The number of carbonyl (C=O) groups is 2.